The standard InChI is InChI=1S/C15H19NO4/c1-20-12-5-2-4-11(8-12)10-16-13(17)9-15(14(18)19)6-3-7-15/h2,4-5,8H,3,6-7,9-10H2,1H3,(H,16,17)(H,18,19). The van der Waals surface area contributed by atoms with E-state index in [1.807, 2.05) is 24.3 Å². The molecule has 1 saturated carbocycles. The van der Waals surface area contributed by atoms with E-state index in [1.165, 1.54) is 0 Å². The smallest absolute Gasteiger partial charge is 0.310 e. The van der Waals surface area contributed by atoms with Gasteiger partial charge in [-0.25, -0.2) is 0 Å². The Hall–Kier alpha value is -2.04. The van der Waals surface area contributed by atoms with E-state index in [4.69, 9.17) is 4.74 Å². The first kappa shape index (κ1) is 14.4. The lowest BCUT2D eigenvalue weighted by molar-refractivity contribution is -0.157. The summed E-state index contributed by atoms with van der Waals surface area (Å²) in [7, 11) is 1.59. The third kappa shape index (κ3) is 3.10. The lowest BCUT2D eigenvalue weighted by Gasteiger charge is -2.36. The van der Waals surface area contributed by atoms with Gasteiger partial charge < -0.3 is 15.2 Å². The number of carboxylic acid groups (broad SMARTS) is 1. The lowest BCUT2D eigenvalue weighted by atomic mass is 9.66. The van der Waals surface area contributed by atoms with Crippen molar-refractivity contribution in [2.24, 2.45) is 5.41 Å². The van der Waals surface area contributed by atoms with Crippen LogP contribution >= 0.6 is 0 Å². The molecule has 108 valence electrons. The van der Waals surface area contributed by atoms with E-state index >= 15 is 0 Å². The number of hydrogen-bond donors (Lipinski definition) is 2. The first-order valence-corrected chi connectivity index (χ1v) is 6.69. The Balaban J connectivity index is 1.87. The molecule has 1 fully saturated rings. The number of carboxylic acids is 1. The first-order chi connectivity index (χ1) is 9.55. The number of carbonyl (C=O) groups is 2. The van der Waals surface area contributed by atoms with Crippen molar-refractivity contribution in [2.45, 2.75) is 32.2 Å². The van der Waals surface area contributed by atoms with Crippen LogP contribution in [0.15, 0.2) is 24.3 Å². The van der Waals surface area contributed by atoms with Gasteiger partial charge in [-0.05, 0) is 30.5 Å². The van der Waals surface area contributed by atoms with Crippen LogP contribution in [0.3, 0.4) is 0 Å². The fourth-order valence-electron chi connectivity index (χ4n) is 2.42. The molecule has 1 aromatic rings. The van der Waals surface area contributed by atoms with Gasteiger partial charge >= 0.3 is 5.97 Å². The number of benzene rings is 1. The summed E-state index contributed by atoms with van der Waals surface area (Å²) in [6.45, 7) is 0.381. The van der Waals surface area contributed by atoms with Gasteiger partial charge in [-0.1, -0.05) is 18.6 Å². The predicted octanol–water partition coefficient (Wildman–Crippen LogP) is 1.96. The Kier molecular flexibility index (Phi) is 4.27. The van der Waals surface area contributed by atoms with E-state index in [2.05, 4.69) is 5.32 Å². The van der Waals surface area contributed by atoms with E-state index in [0.717, 1.165) is 17.7 Å². The zero-order valence-corrected chi connectivity index (χ0v) is 11.5. The highest BCUT2D eigenvalue weighted by Crippen LogP contribution is 2.44. The second kappa shape index (κ2) is 5.94. The maximum Gasteiger partial charge on any atom is 0.310 e. The molecule has 0 spiro atoms. The molecule has 0 aliphatic heterocycles. The molecule has 1 aliphatic carbocycles. The maximum atomic E-state index is 11.9. The summed E-state index contributed by atoms with van der Waals surface area (Å²) in [6, 6.07) is 7.42. The molecular formula is C15H19NO4. The fourth-order valence-corrected chi connectivity index (χ4v) is 2.42. The molecule has 1 amide bonds. The Labute approximate surface area is 117 Å². The van der Waals surface area contributed by atoms with Crippen LogP contribution in [0.5, 0.6) is 5.75 Å². The highest BCUT2D eigenvalue weighted by atomic mass is 16.5. The van der Waals surface area contributed by atoms with Gasteiger partial charge in [0.15, 0.2) is 0 Å². The summed E-state index contributed by atoms with van der Waals surface area (Å²) in [5.41, 5.74) is 0.0917. The zero-order chi connectivity index (χ0) is 14.6. The van der Waals surface area contributed by atoms with Crippen LogP contribution in [0.25, 0.3) is 0 Å². The summed E-state index contributed by atoms with van der Waals surface area (Å²) in [6.07, 6.45) is 2.13. The van der Waals surface area contributed by atoms with Crippen LogP contribution in [-0.4, -0.2) is 24.1 Å². The number of rotatable bonds is 6. The van der Waals surface area contributed by atoms with Gasteiger partial charge in [0, 0.05) is 13.0 Å². The van der Waals surface area contributed by atoms with Gasteiger partial charge in [0.05, 0.1) is 12.5 Å². The first-order valence-electron chi connectivity index (χ1n) is 6.69. The van der Waals surface area contributed by atoms with E-state index < -0.39 is 11.4 Å². The zero-order valence-electron chi connectivity index (χ0n) is 11.5. The summed E-state index contributed by atoms with van der Waals surface area (Å²) >= 11 is 0. The molecule has 0 saturated heterocycles. The van der Waals surface area contributed by atoms with Gasteiger partial charge in [-0.15, -0.1) is 0 Å². The average molecular weight is 277 g/mol. The highest BCUT2D eigenvalue weighted by Gasteiger charge is 2.45. The van der Waals surface area contributed by atoms with Crippen molar-refractivity contribution in [1.29, 1.82) is 0 Å². The minimum absolute atomic E-state index is 0.0618. The van der Waals surface area contributed by atoms with Crippen LogP contribution in [0.1, 0.15) is 31.2 Å². The Bertz CT molecular complexity index is 508. The second-order valence-electron chi connectivity index (χ2n) is 5.24. The van der Waals surface area contributed by atoms with Crippen molar-refractivity contribution in [1.82, 2.24) is 5.32 Å². The number of amides is 1. The van der Waals surface area contributed by atoms with Crippen LogP contribution in [0.4, 0.5) is 0 Å². The van der Waals surface area contributed by atoms with Gasteiger partial charge in [-0.3, -0.25) is 9.59 Å². The van der Waals surface area contributed by atoms with Crippen LogP contribution < -0.4 is 10.1 Å². The second-order valence-corrected chi connectivity index (χ2v) is 5.24. The molecular weight excluding hydrogens is 258 g/mol. The summed E-state index contributed by atoms with van der Waals surface area (Å²) in [5, 5.41) is 12.0. The number of aliphatic carboxylic acids is 1. The largest absolute Gasteiger partial charge is 0.497 e. The van der Waals surface area contributed by atoms with E-state index in [-0.39, 0.29) is 12.3 Å². The van der Waals surface area contributed by atoms with Crippen molar-refractivity contribution in [3.63, 3.8) is 0 Å². The molecule has 2 rings (SSSR count). The molecule has 1 aromatic carbocycles. The Morgan fingerprint density at radius 3 is 2.70 bits per heavy atom. The summed E-state index contributed by atoms with van der Waals surface area (Å²) in [4.78, 5) is 23.1. The molecule has 5 nitrogen and oxygen atoms in total. The molecule has 0 heterocycles. The summed E-state index contributed by atoms with van der Waals surface area (Å²) < 4.78 is 5.11. The molecule has 20 heavy (non-hydrogen) atoms. The highest BCUT2D eigenvalue weighted by molar-refractivity contribution is 5.85. The van der Waals surface area contributed by atoms with Crippen molar-refractivity contribution < 1.29 is 19.4 Å². The van der Waals surface area contributed by atoms with Gasteiger partial charge in [0.2, 0.25) is 5.91 Å². The molecule has 0 aromatic heterocycles. The molecule has 0 atom stereocenters. The van der Waals surface area contributed by atoms with Crippen molar-refractivity contribution in [2.75, 3.05) is 7.11 Å². The van der Waals surface area contributed by atoms with Crippen molar-refractivity contribution >= 4 is 11.9 Å². The van der Waals surface area contributed by atoms with Gasteiger partial charge in [0.1, 0.15) is 5.75 Å². The molecule has 0 unspecified atom stereocenters. The third-order valence-corrected chi connectivity index (χ3v) is 3.89. The van der Waals surface area contributed by atoms with Gasteiger partial charge in [0.25, 0.3) is 0 Å². The predicted molar refractivity (Wildman–Crippen MR) is 73.4 cm³/mol. The quantitative estimate of drug-likeness (QED) is 0.833. The van der Waals surface area contributed by atoms with Crippen molar-refractivity contribution in [3.8, 4) is 5.75 Å². The molecule has 5 heteroatoms. The number of nitrogens with one attached hydrogen (secondary N) is 1. The number of carbonyl (C=O) groups excluding carboxylic acids is 1. The number of methoxy groups -OCH3 is 1. The minimum Gasteiger partial charge on any atom is -0.497 e. The van der Waals surface area contributed by atoms with E-state index in [1.54, 1.807) is 7.11 Å². The molecule has 0 radical (unpaired) electrons. The minimum atomic E-state index is -0.861. The van der Waals surface area contributed by atoms with Gasteiger partial charge in [-0.2, -0.15) is 0 Å². The number of ether oxygens (including phenoxy) is 1. The fraction of sp³-hybridized carbons (Fsp3) is 0.467. The third-order valence-electron chi connectivity index (χ3n) is 3.89. The molecule has 0 bridgehead atoms. The SMILES string of the molecule is COc1cccc(CNC(=O)CC2(C(=O)O)CCC2)c1. The summed E-state index contributed by atoms with van der Waals surface area (Å²) in [5.74, 6) is -0.340. The van der Waals surface area contributed by atoms with Crippen LogP contribution in [0, 0.1) is 5.41 Å². The Morgan fingerprint density at radius 1 is 1.40 bits per heavy atom. The van der Waals surface area contributed by atoms with Crippen molar-refractivity contribution in [3.05, 3.63) is 29.8 Å². The molecule has 2 N–H and O–H groups in total. The lowest BCUT2D eigenvalue weighted by Crippen LogP contribution is -2.42. The average Bonchev–Trinajstić information content (AvgIpc) is 2.40. The van der Waals surface area contributed by atoms with Crippen LogP contribution in [-0.2, 0) is 16.1 Å². The normalized spacial score (nSPS) is 16.1. The van der Waals surface area contributed by atoms with E-state index in [0.29, 0.717) is 19.4 Å². The monoisotopic (exact) mass is 277 g/mol. The topological polar surface area (TPSA) is 75.6 Å². The Morgan fingerprint density at radius 2 is 2.15 bits per heavy atom. The van der Waals surface area contributed by atoms with E-state index in [9.17, 15) is 14.7 Å². The van der Waals surface area contributed by atoms with Crippen LogP contribution in [0.2, 0.25) is 0 Å². The number of hydrogen-bond acceptors (Lipinski definition) is 3. The molecule has 1 aliphatic rings. The maximum absolute atomic E-state index is 11.9.